The number of hydrogen-bond acceptors (Lipinski definition) is 3. The third kappa shape index (κ3) is 2.11. The number of nitrogens with zero attached hydrogens (tertiary/aromatic N) is 2. The van der Waals surface area contributed by atoms with Crippen LogP contribution < -0.4 is 5.32 Å². The number of likely N-dealkylation sites (N-methyl/N-ethyl adjacent to an activating group) is 1. The molecule has 1 aromatic heterocycles. The zero-order chi connectivity index (χ0) is 9.80. The molecule has 3 nitrogen and oxygen atoms in total. The average Bonchev–Trinajstić information content (AvgIpc) is 2.44. The maximum absolute atomic E-state index is 4.17. The summed E-state index contributed by atoms with van der Waals surface area (Å²) >= 11 is 0. The Morgan fingerprint density at radius 3 is 3.29 bits per heavy atom. The summed E-state index contributed by atoms with van der Waals surface area (Å²) in [5.74, 6) is 0. The van der Waals surface area contributed by atoms with Gasteiger partial charge in [-0.2, -0.15) is 0 Å². The van der Waals surface area contributed by atoms with Crippen molar-refractivity contribution < 1.29 is 0 Å². The van der Waals surface area contributed by atoms with E-state index in [0.29, 0.717) is 6.04 Å². The molecule has 0 radical (unpaired) electrons. The predicted octanol–water partition coefficient (Wildman–Crippen LogP) is 1.05. The van der Waals surface area contributed by atoms with Crippen molar-refractivity contribution in [1.82, 2.24) is 15.2 Å². The number of nitrogens with one attached hydrogen (secondary N) is 1. The number of rotatable bonds is 1. The fourth-order valence-corrected chi connectivity index (χ4v) is 1.95. The Morgan fingerprint density at radius 2 is 2.50 bits per heavy atom. The lowest BCUT2D eigenvalue weighted by atomic mass is 10.1. The monoisotopic (exact) mass is 191 g/mol. The minimum atomic E-state index is 0.478. The van der Waals surface area contributed by atoms with E-state index in [1.54, 1.807) is 0 Å². The van der Waals surface area contributed by atoms with Gasteiger partial charge in [0.25, 0.3) is 0 Å². The number of hydrogen-bond donors (Lipinski definition) is 1. The van der Waals surface area contributed by atoms with Crippen molar-refractivity contribution in [2.24, 2.45) is 0 Å². The highest BCUT2D eigenvalue weighted by Crippen LogP contribution is 2.18. The molecule has 0 bridgehead atoms. The Kier molecular flexibility index (Phi) is 3.11. The molecule has 2 rings (SSSR count). The van der Waals surface area contributed by atoms with Crippen molar-refractivity contribution >= 4 is 0 Å². The van der Waals surface area contributed by atoms with Gasteiger partial charge in [-0.3, -0.25) is 9.88 Å². The highest BCUT2D eigenvalue weighted by molar-refractivity contribution is 5.14. The lowest BCUT2D eigenvalue weighted by Gasteiger charge is -2.25. The first-order valence-electron chi connectivity index (χ1n) is 5.19. The van der Waals surface area contributed by atoms with Gasteiger partial charge in [-0.15, -0.1) is 0 Å². The van der Waals surface area contributed by atoms with E-state index in [2.05, 4.69) is 28.3 Å². The summed E-state index contributed by atoms with van der Waals surface area (Å²) in [4.78, 5) is 6.57. The van der Waals surface area contributed by atoms with Crippen LogP contribution in [-0.4, -0.2) is 36.6 Å². The summed E-state index contributed by atoms with van der Waals surface area (Å²) in [5.41, 5.74) is 1.31. The van der Waals surface area contributed by atoms with Crippen molar-refractivity contribution in [2.75, 3.05) is 26.7 Å². The van der Waals surface area contributed by atoms with Crippen molar-refractivity contribution in [3.05, 3.63) is 30.1 Å². The Morgan fingerprint density at radius 1 is 1.57 bits per heavy atom. The molecule has 0 saturated carbocycles. The van der Waals surface area contributed by atoms with Gasteiger partial charge in [0.1, 0.15) is 0 Å². The van der Waals surface area contributed by atoms with Crippen LogP contribution in [0.2, 0.25) is 0 Å². The maximum Gasteiger partial charge on any atom is 0.0484 e. The summed E-state index contributed by atoms with van der Waals surface area (Å²) in [6.45, 7) is 3.32. The molecule has 76 valence electrons. The predicted molar refractivity (Wildman–Crippen MR) is 57.1 cm³/mol. The smallest absolute Gasteiger partial charge is 0.0484 e. The molecule has 2 heterocycles. The fraction of sp³-hybridized carbons (Fsp3) is 0.545. The summed E-state index contributed by atoms with van der Waals surface area (Å²) in [6.07, 6.45) is 5.02. The van der Waals surface area contributed by atoms with Gasteiger partial charge in [-0.25, -0.2) is 0 Å². The molecular weight excluding hydrogens is 174 g/mol. The van der Waals surface area contributed by atoms with Crippen LogP contribution >= 0.6 is 0 Å². The SMILES string of the molecule is CN1CCCNCC1c1cccnc1. The van der Waals surface area contributed by atoms with Gasteiger partial charge in [0, 0.05) is 25.0 Å². The van der Waals surface area contributed by atoms with Crippen LogP contribution in [0.25, 0.3) is 0 Å². The molecule has 1 saturated heterocycles. The summed E-state index contributed by atoms with van der Waals surface area (Å²) in [7, 11) is 2.19. The lowest BCUT2D eigenvalue weighted by molar-refractivity contribution is 0.261. The third-order valence-electron chi connectivity index (χ3n) is 2.80. The molecule has 1 aliphatic rings. The largest absolute Gasteiger partial charge is 0.315 e. The Labute approximate surface area is 85.1 Å². The molecule has 1 atom stereocenters. The molecule has 0 aromatic carbocycles. The van der Waals surface area contributed by atoms with E-state index >= 15 is 0 Å². The van der Waals surface area contributed by atoms with Gasteiger partial charge >= 0.3 is 0 Å². The Hall–Kier alpha value is -0.930. The van der Waals surface area contributed by atoms with Crippen LogP contribution in [0, 0.1) is 0 Å². The highest BCUT2D eigenvalue weighted by Gasteiger charge is 2.18. The van der Waals surface area contributed by atoms with Crippen molar-refractivity contribution in [2.45, 2.75) is 12.5 Å². The van der Waals surface area contributed by atoms with Crippen LogP contribution in [-0.2, 0) is 0 Å². The van der Waals surface area contributed by atoms with Crippen molar-refractivity contribution in [3.8, 4) is 0 Å². The molecule has 0 amide bonds. The third-order valence-corrected chi connectivity index (χ3v) is 2.80. The van der Waals surface area contributed by atoms with Crippen LogP contribution in [0.15, 0.2) is 24.5 Å². The summed E-state index contributed by atoms with van der Waals surface area (Å²) in [5, 5.41) is 3.46. The van der Waals surface area contributed by atoms with Crippen molar-refractivity contribution in [3.63, 3.8) is 0 Å². The first kappa shape index (κ1) is 9.62. The summed E-state index contributed by atoms with van der Waals surface area (Å²) < 4.78 is 0. The normalized spacial score (nSPS) is 24.5. The fourth-order valence-electron chi connectivity index (χ4n) is 1.95. The van der Waals surface area contributed by atoms with Crippen LogP contribution in [0.4, 0.5) is 0 Å². The van der Waals surface area contributed by atoms with Gasteiger partial charge in [0.05, 0.1) is 0 Å². The van der Waals surface area contributed by atoms with Crippen LogP contribution in [0.1, 0.15) is 18.0 Å². The molecule has 1 N–H and O–H groups in total. The molecular formula is C11H17N3. The van der Waals surface area contributed by atoms with Gasteiger partial charge in [0.2, 0.25) is 0 Å². The van der Waals surface area contributed by atoms with E-state index < -0.39 is 0 Å². The standard InChI is InChI=1S/C11H17N3/c1-14-7-3-6-13-9-11(14)10-4-2-5-12-8-10/h2,4-5,8,11,13H,3,6-7,9H2,1H3. The molecule has 3 heteroatoms. The lowest BCUT2D eigenvalue weighted by Crippen LogP contribution is -2.29. The topological polar surface area (TPSA) is 28.2 Å². The zero-order valence-electron chi connectivity index (χ0n) is 8.61. The van der Waals surface area contributed by atoms with Gasteiger partial charge in [-0.05, 0) is 38.2 Å². The van der Waals surface area contributed by atoms with E-state index in [1.165, 1.54) is 12.0 Å². The molecule has 0 spiro atoms. The van der Waals surface area contributed by atoms with E-state index in [4.69, 9.17) is 0 Å². The minimum absolute atomic E-state index is 0.478. The van der Waals surface area contributed by atoms with Gasteiger partial charge < -0.3 is 5.32 Å². The summed E-state index contributed by atoms with van der Waals surface area (Å²) in [6, 6.07) is 4.64. The minimum Gasteiger partial charge on any atom is -0.315 e. The van der Waals surface area contributed by atoms with Crippen LogP contribution in [0.3, 0.4) is 0 Å². The second kappa shape index (κ2) is 4.53. The zero-order valence-corrected chi connectivity index (χ0v) is 8.61. The quantitative estimate of drug-likeness (QED) is 0.719. The van der Waals surface area contributed by atoms with Crippen molar-refractivity contribution in [1.29, 1.82) is 0 Å². The van der Waals surface area contributed by atoms with Crippen LogP contribution in [0.5, 0.6) is 0 Å². The number of aromatic nitrogens is 1. The number of pyridine rings is 1. The van der Waals surface area contributed by atoms with E-state index in [0.717, 1.165) is 19.6 Å². The van der Waals surface area contributed by atoms with E-state index in [-0.39, 0.29) is 0 Å². The molecule has 1 aromatic rings. The second-order valence-electron chi connectivity index (χ2n) is 3.84. The molecule has 1 unspecified atom stereocenters. The van der Waals surface area contributed by atoms with Gasteiger partial charge in [-0.1, -0.05) is 6.07 Å². The molecule has 0 aliphatic carbocycles. The van der Waals surface area contributed by atoms with Gasteiger partial charge in [0.15, 0.2) is 0 Å². The Balaban J connectivity index is 2.15. The highest BCUT2D eigenvalue weighted by atomic mass is 15.2. The second-order valence-corrected chi connectivity index (χ2v) is 3.84. The molecule has 1 fully saturated rings. The first-order valence-corrected chi connectivity index (χ1v) is 5.19. The van der Waals surface area contributed by atoms with E-state index in [1.807, 2.05) is 18.5 Å². The average molecular weight is 191 g/mol. The van der Waals surface area contributed by atoms with E-state index in [9.17, 15) is 0 Å². The first-order chi connectivity index (χ1) is 6.88. The molecule has 1 aliphatic heterocycles. The maximum atomic E-state index is 4.17. The molecule has 14 heavy (non-hydrogen) atoms. The Bertz CT molecular complexity index is 273.